The summed E-state index contributed by atoms with van der Waals surface area (Å²) in [6.45, 7) is 8.98. The Morgan fingerprint density at radius 3 is 2.31 bits per heavy atom. The van der Waals surface area contributed by atoms with Crippen LogP contribution in [0.15, 0.2) is 24.3 Å². The van der Waals surface area contributed by atoms with Gasteiger partial charge in [-0.15, -0.1) is 0 Å². The molecular formula is C13H20O3. The van der Waals surface area contributed by atoms with Crippen LogP contribution >= 0.6 is 0 Å². The van der Waals surface area contributed by atoms with E-state index in [0.29, 0.717) is 5.75 Å². The molecule has 1 aromatic carbocycles. The zero-order valence-electron chi connectivity index (χ0n) is 10.6. The van der Waals surface area contributed by atoms with Gasteiger partial charge in [-0.2, -0.15) is 0 Å². The monoisotopic (exact) mass is 224 g/mol. The maximum atomic E-state index is 10.8. The van der Waals surface area contributed by atoms with Gasteiger partial charge < -0.3 is 9.84 Å². The van der Waals surface area contributed by atoms with Crippen molar-refractivity contribution < 1.29 is 14.6 Å². The van der Waals surface area contributed by atoms with E-state index in [9.17, 15) is 4.79 Å². The number of hydrogen-bond acceptors (Lipinski definition) is 2. The molecule has 0 aliphatic carbocycles. The highest BCUT2D eigenvalue weighted by atomic mass is 16.5. The summed E-state index contributed by atoms with van der Waals surface area (Å²) >= 11 is 0. The van der Waals surface area contributed by atoms with Crippen molar-refractivity contribution in [3.8, 4) is 5.75 Å². The van der Waals surface area contributed by atoms with Crippen LogP contribution in [0.4, 0.5) is 0 Å². The molecule has 0 aliphatic rings. The smallest absolute Gasteiger partial charge is 0.347 e. The summed E-state index contributed by atoms with van der Waals surface area (Å²) in [5.74, 6) is -0.392. The molecule has 3 nitrogen and oxygen atoms in total. The van der Waals surface area contributed by atoms with Gasteiger partial charge in [0.1, 0.15) is 5.75 Å². The molecule has 0 unspecified atom stereocenters. The first-order valence-corrected chi connectivity index (χ1v) is 5.41. The van der Waals surface area contributed by atoms with Gasteiger partial charge in [0, 0.05) is 0 Å². The summed E-state index contributed by atoms with van der Waals surface area (Å²) in [5, 5.41) is 8.85. The molecule has 0 heterocycles. The fraction of sp³-hybridized carbons (Fsp3) is 0.462. The summed E-state index contributed by atoms with van der Waals surface area (Å²) in [6.07, 6.45) is 0. The molecule has 1 rings (SSSR count). The number of benzene rings is 1. The Hall–Kier alpha value is -1.51. The van der Waals surface area contributed by atoms with E-state index in [0.717, 1.165) is 5.56 Å². The van der Waals surface area contributed by atoms with Gasteiger partial charge in [-0.25, -0.2) is 4.79 Å². The van der Waals surface area contributed by atoms with Crippen LogP contribution in [-0.4, -0.2) is 16.7 Å². The molecule has 90 valence electrons. The van der Waals surface area contributed by atoms with Gasteiger partial charge in [0.2, 0.25) is 0 Å². The van der Waals surface area contributed by atoms with Crippen molar-refractivity contribution in [1.29, 1.82) is 0 Å². The minimum absolute atomic E-state index is 0.581. The number of ether oxygens (including phenoxy) is 1. The van der Waals surface area contributed by atoms with Crippen molar-refractivity contribution in [2.75, 3.05) is 0 Å². The Morgan fingerprint density at radius 1 is 1.31 bits per heavy atom. The van der Waals surface area contributed by atoms with E-state index in [1.807, 2.05) is 39.0 Å². The fourth-order valence-corrected chi connectivity index (χ4v) is 1.02. The van der Waals surface area contributed by atoms with Crippen LogP contribution in [0.2, 0.25) is 0 Å². The molecule has 0 radical (unpaired) electrons. The van der Waals surface area contributed by atoms with Gasteiger partial charge >= 0.3 is 5.97 Å². The third-order valence-corrected chi connectivity index (χ3v) is 1.88. The van der Waals surface area contributed by atoms with Crippen molar-refractivity contribution in [1.82, 2.24) is 0 Å². The highest BCUT2D eigenvalue weighted by molar-refractivity contribution is 5.76. The highest BCUT2D eigenvalue weighted by Crippen LogP contribution is 2.19. The lowest BCUT2D eigenvalue weighted by Crippen LogP contribution is -2.37. The molecule has 0 saturated heterocycles. The molecule has 0 fully saturated rings. The van der Waals surface area contributed by atoms with Gasteiger partial charge in [0.25, 0.3) is 0 Å². The lowest BCUT2D eigenvalue weighted by atomic mass is 10.1. The number of aliphatic carboxylic acids is 1. The molecule has 1 aromatic rings. The minimum atomic E-state index is -1.19. The minimum Gasteiger partial charge on any atom is -0.478 e. The fourth-order valence-electron chi connectivity index (χ4n) is 1.02. The van der Waals surface area contributed by atoms with Crippen LogP contribution in [0.1, 0.15) is 33.3 Å². The normalized spacial score (nSPS) is 10.1. The maximum absolute atomic E-state index is 10.8. The molecule has 0 aliphatic heterocycles. The quantitative estimate of drug-likeness (QED) is 0.857. The van der Waals surface area contributed by atoms with Crippen molar-refractivity contribution in [2.45, 2.75) is 40.2 Å². The second-order valence-corrected chi connectivity index (χ2v) is 3.73. The summed E-state index contributed by atoms with van der Waals surface area (Å²) in [4.78, 5) is 10.8. The zero-order chi connectivity index (χ0) is 12.8. The molecule has 0 aromatic heterocycles. The van der Waals surface area contributed by atoms with Crippen LogP contribution in [0.5, 0.6) is 5.75 Å². The average molecular weight is 224 g/mol. The van der Waals surface area contributed by atoms with Crippen molar-refractivity contribution in [3.63, 3.8) is 0 Å². The number of carboxylic acids is 1. The van der Waals surface area contributed by atoms with Crippen LogP contribution in [0.3, 0.4) is 0 Å². The van der Waals surface area contributed by atoms with Gasteiger partial charge in [0.15, 0.2) is 5.60 Å². The van der Waals surface area contributed by atoms with Gasteiger partial charge in [-0.3, -0.25) is 0 Å². The number of aryl methyl sites for hydroxylation is 1. The third-order valence-electron chi connectivity index (χ3n) is 1.88. The summed E-state index contributed by atoms with van der Waals surface area (Å²) < 4.78 is 5.34. The number of rotatable bonds is 3. The van der Waals surface area contributed by atoms with E-state index < -0.39 is 11.6 Å². The van der Waals surface area contributed by atoms with Crippen LogP contribution < -0.4 is 4.74 Å². The Morgan fingerprint density at radius 2 is 1.88 bits per heavy atom. The van der Waals surface area contributed by atoms with E-state index in [-0.39, 0.29) is 0 Å². The SMILES string of the molecule is CC.Cc1cccc(OC(C)(C)C(=O)O)c1. The van der Waals surface area contributed by atoms with E-state index >= 15 is 0 Å². The van der Waals surface area contributed by atoms with Gasteiger partial charge in [-0.05, 0) is 38.5 Å². The zero-order valence-corrected chi connectivity index (χ0v) is 10.6. The van der Waals surface area contributed by atoms with Crippen LogP contribution in [-0.2, 0) is 4.79 Å². The molecule has 0 saturated carbocycles. The predicted octanol–water partition coefficient (Wildman–Crippen LogP) is 3.26. The van der Waals surface area contributed by atoms with Crippen molar-refractivity contribution in [2.24, 2.45) is 0 Å². The first-order valence-electron chi connectivity index (χ1n) is 5.41. The second kappa shape index (κ2) is 6.16. The topological polar surface area (TPSA) is 46.5 Å². The van der Waals surface area contributed by atoms with E-state index in [2.05, 4.69) is 0 Å². The van der Waals surface area contributed by atoms with Crippen LogP contribution in [0.25, 0.3) is 0 Å². The Balaban J connectivity index is 0.00000106. The molecule has 16 heavy (non-hydrogen) atoms. The van der Waals surface area contributed by atoms with Gasteiger partial charge in [0.05, 0.1) is 0 Å². The summed E-state index contributed by atoms with van der Waals surface area (Å²) in [7, 11) is 0. The predicted molar refractivity (Wildman–Crippen MR) is 64.9 cm³/mol. The van der Waals surface area contributed by atoms with E-state index in [4.69, 9.17) is 9.84 Å². The van der Waals surface area contributed by atoms with E-state index in [1.165, 1.54) is 13.8 Å². The third kappa shape index (κ3) is 4.34. The van der Waals surface area contributed by atoms with Gasteiger partial charge in [-0.1, -0.05) is 26.0 Å². The number of carboxylic acid groups (broad SMARTS) is 1. The standard InChI is InChI=1S/C11H14O3.C2H6/c1-8-5-4-6-9(7-8)14-11(2,3)10(12)13;1-2/h4-7H,1-3H3,(H,12,13);1-2H3. The lowest BCUT2D eigenvalue weighted by Gasteiger charge is -2.21. The first kappa shape index (κ1) is 14.5. The molecule has 0 amide bonds. The highest BCUT2D eigenvalue weighted by Gasteiger charge is 2.29. The molecule has 1 N–H and O–H groups in total. The summed E-state index contributed by atoms with van der Waals surface area (Å²) in [6, 6.07) is 7.33. The lowest BCUT2D eigenvalue weighted by molar-refractivity contribution is -0.152. The Labute approximate surface area is 97.1 Å². The van der Waals surface area contributed by atoms with Crippen LogP contribution in [0, 0.1) is 6.92 Å². The largest absolute Gasteiger partial charge is 0.478 e. The molecule has 0 atom stereocenters. The maximum Gasteiger partial charge on any atom is 0.347 e. The van der Waals surface area contributed by atoms with Crippen molar-refractivity contribution in [3.05, 3.63) is 29.8 Å². The molecular weight excluding hydrogens is 204 g/mol. The first-order chi connectivity index (χ1) is 7.42. The van der Waals surface area contributed by atoms with E-state index in [1.54, 1.807) is 6.07 Å². The Kier molecular flexibility index (Phi) is 5.57. The average Bonchev–Trinajstić information content (AvgIpc) is 2.19. The summed E-state index contributed by atoms with van der Waals surface area (Å²) in [5.41, 5.74) is -0.142. The number of hydrogen-bond donors (Lipinski definition) is 1. The molecule has 3 heteroatoms. The second-order valence-electron chi connectivity index (χ2n) is 3.73. The molecule has 0 spiro atoms. The molecule has 0 bridgehead atoms. The number of carbonyl (C=O) groups is 1. The Bertz CT molecular complexity index is 343. The van der Waals surface area contributed by atoms with Crippen molar-refractivity contribution >= 4 is 5.97 Å².